The van der Waals surface area contributed by atoms with Gasteiger partial charge in [-0.3, -0.25) is 4.79 Å². The summed E-state index contributed by atoms with van der Waals surface area (Å²) >= 11 is 3.46. The van der Waals surface area contributed by atoms with Crippen LogP contribution in [0, 0.1) is 5.82 Å². The molecule has 6 nitrogen and oxygen atoms in total. The average Bonchev–Trinajstić information content (AvgIpc) is 3.41. The molecule has 178 valence electrons. The first kappa shape index (κ1) is 23.5. The third-order valence-corrected chi connectivity index (χ3v) is 8.31. The van der Waals surface area contributed by atoms with E-state index >= 15 is 0 Å². The molecule has 35 heavy (non-hydrogen) atoms. The van der Waals surface area contributed by atoms with Crippen molar-refractivity contribution in [2.45, 2.75) is 19.2 Å². The summed E-state index contributed by atoms with van der Waals surface area (Å²) in [6.45, 7) is 2.41. The van der Waals surface area contributed by atoms with Gasteiger partial charge in [0.15, 0.2) is 6.23 Å². The van der Waals surface area contributed by atoms with Crippen molar-refractivity contribution in [1.29, 1.82) is 0 Å². The molecule has 2 N–H and O–H groups in total. The lowest BCUT2D eigenvalue weighted by atomic mass is 10.1. The van der Waals surface area contributed by atoms with Gasteiger partial charge in [0, 0.05) is 34.0 Å². The predicted molar refractivity (Wildman–Crippen MR) is 140 cm³/mol. The summed E-state index contributed by atoms with van der Waals surface area (Å²) in [6.07, 6.45) is 2.03. The molecule has 0 spiro atoms. The van der Waals surface area contributed by atoms with Crippen LogP contribution in [0.1, 0.15) is 17.4 Å². The maximum atomic E-state index is 13.7. The van der Waals surface area contributed by atoms with Crippen molar-refractivity contribution in [3.8, 4) is 16.9 Å². The summed E-state index contributed by atoms with van der Waals surface area (Å²) in [5, 5.41) is 4.83. The summed E-state index contributed by atoms with van der Waals surface area (Å²) in [6, 6.07) is 21.7. The average molecular weight is 551 g/mol. The van der Waals surface area contributed by atoms with E-state index in [9.17, 15) is 9.18 Å². The van der Waals surface area contributed by atoms with Gasteiger partial charge in [0.05, 0.1) is 5.69 Å². The predicted octanol–water partition coefficient (Wildman–Crippen LogP) is 5.65. The molecule has 1 aliphatic rings. The van der Waals surface area contributed by atoms with Gasteiger partial charge in [0.2, 0.25) is 5.53 Å². The minimum Gasteiger partial charge on any atom is -0.399 e. The van der Waals surface area contributed by atoms with Crippen molar-refractivity contribution in [2.75, 3.05) is 12.3 Å². The van der Waals surface area contributed by atoms with E-state index in [0.717, 1.165) is 26.9 Å². The Kier molecular flexibility index (Phi) is 6.55. The zero-order valence-electron chi connectivity index (χ0n) is 19.1. The third kappa shape index (κ3) is 4.93. The second kappa shape index (κ2) is 9.77. The van der Waals surface area contributed by atoms with E-state index in [1.54, 1.807) is 16.8 Å². The first-order valence-corrected chi connectivity index (χ1v) is 14.3. The first-order chi connectivity index (χ1) is 16.9. The summed E-state index contributed by atoms with van der Waals surface area (Å²) in [4.78, 5) is 14.9. The van der Waals surface area contributed by atoms with Crippen molar-refractivity contribution in [3.05, 3.63) is 100 Å². The van der Waals surface area contributed by atoms with Crippen LogP contribution in [0.2, 0.25) is 6.55 Å². The molecule has 2 heterocycles. The van der Waals surface area contributed by atoms with Gasteiger partial charge in [0.1, 0.15) is 11.5 Å². The van der Waals surface area contributed by atoms with Crippen LogP contribution in [0.4, 0.5) is 14.9 Å². The number of anilines is 1. The molecule has 0 unspecified atom stereocenters. The molecule has 1 aromatic heterocycles. The molecular formula is C26H24BrFN4O2Si. The zero-order chi connectivity index (χ0) is 24.5. The highest BCUT2D eigenvalue weighted by Crippen LogP contribution is 2.37. The van der Waals surface area contributed by atoms with Gasteiger partial charge < -0.3 is 15.1 Å². The second-order valence-corrected chi connectivity index (χ2v) is 11.5. The lowest BCUT2D eigenvalue weighted by Crippen LogP contribution is -2.32. The Morgan fingerprint density at radius 3 is 2.43 bits per heavy atom. The Bertz CT molecular complexity index is 1340. The highest BCUT2D eigenvalue weighted by molar-refractivity contribution is 9.10. The summed E-state index contributed by atoms with van der Waals surface area (Å²) < 4.78 is 22.7. The number of rotatable bonds is 6. The van der Waals surface area contributed by atoms with E-state index in [0.29, 0.717) is 24.3 Å². The lowest BCUT2D eigenvalue weighted by molar-refractivity contribution is 0.0938. The molecule has 1 aliphatic heterocycles. The van der Waals surface area contributed by atoms with Gasteiger partial charge in [-0.2, -0.15) is 5.10 Å². The molecule has 0 radical (unpaired) electrons. The number of hydrogen-bond acceptors (Lipinski definition) is 4. The van der Waals surface area contributed by atoms with Crippen molar-refractivity contribution >= 4 is 36.2 Å². The van der Waals surface area contributed by atoms with Gasteiger partial charge in [-0.15, -0.1) is 0 Å². The fourth-order valence-corrected chi connectivity index (χ4v) is 6.00. The standard InChI is InChI=1S/C26H24BrFN4O2Si/c1-35-26(33)31(15-14-17-2-10-21(29)11-3-17)25(34-35)23-16-32(22-12-6-19(27)7-13-22)30-24(23)18-4-8-20(28)9-5-18/h2-13,16,25,35H,14-15,29H2,1H3/t25-,35-/m0/s1. The van der Waals surface area contributed by atoms with E-state index in [1.165, 1.54) is 12.1 Å². The number of carbonyl (C=O) groups excluding carboxylic acids is 1. The Morgan fingerprint density at radius 1 is 1.06 bits per heavy atom. The summed E-state index contributed by atoms with van der Waals surface area (Å²) in [7, 11) is -2.09. The molecule has 5 rings (SSSR count). The van der Waals surface area contributed by atoms with Crippen molar-refractivity contribution in [3.63, 3.8) is 0 Å². The van der Waals surface area contributed by atoms with Gasteiger partial charge in [-0.25, -0.2) is 9.07 Å². The second-order valence-electron chi connectivity index (χ2n) is 8.51. The maximum Gasteiger partial charge on any atom is 0.277 e. The van der Waals surface area contributed by atoms with Crippen LogP contribution in [-0.4, -0.2) is 35.8 Å². The molecule has 0 aliphatic carbocycles. The number of nitrogen functional groups attached to an aromatic ring is 1. The number of hydrogen-bond donors (Lipinski definition) is 1. The SMILES string of the molecule is C[Si@@H]1O[C@@H](c2cn(-c3ccc(Br)cc3)nc2-c2ccc(F)cc2)N(CCc2ccc(N)cc2)C1=O. The molecule has 2 atom stereocenters. The highest BCUT2D eigenvalue weighted by atomic mass is 79.9. The quantitative estimate of drug-likeness (QED) is 0.248. The molecule has 1 fully saturated rings. The highest BCUT2D eigenvalue weighted by Gasteiger charge is 2.41. The number of carbonyl (C=O) groups is 1. The zero-order valence-corrected chi connectivity index (χ0v) is 21.8. The van der Waals surface area contributed by atoms with E-state index in [4.69, 9.17) is 15.3 Å². The molecule has 1 amide bonds. The topological polar surface area (TPSA) is 73.4 Å². The Balaban J connectivity index is 1.53. The Labute approximate surface area is 213 Å². The van der Waals surface area contributed by atoms with Crippen LogP contribution in [0.3, 0.4) is 0 Å². The smallest absolute Gasteiger partial charge is 0.277 e. The van der Waals surface area contributed by atoms with Gasteiger partial charge in [-0.1, -0.05) is 28.1 Å². The van der Waals surface area contributed by atoms with E-state index in [2.05, 4.69) is 15.9 Å². The van der Waals surface area contributed by atoms with Crippen LogP contribution in [-0.2, 0) is 10.8 Å². The lowest BCUT2D eigenvalue weighted by Gasteiger charge is -2.24. The fourth-order valence-electron chi connectivity index (χ4n) is 4.20. The largest absolute Gasteiger partial charge is 0.399 e. The number of halogens is 2. The van der Waals surface area contributed by atoms with Crippen molar-refractivity contribution < 1.29 is 13.6 Å². The summed E-state index contributed by atoms with van der Waals surface area (Å²) in [5.74, 6) is -0.318. The minimum atomic E-state index is -2.09. The molecule has 4 aromatic rings. The normalized spacial score (nSPS) is 17.8. The third-order valence-electron chi connectivity index (χ3n) is 6.09. The minimum absolute atomic E-state index is 0.0619. The molecule has 9 heteroatoms. The number of benzene rings is 3. The fraction of sp³-hybridized carbons (Fsp3) is 0.154. The molecule has 3 aromatic carbocycles. The van der Waals surface area contributed by atoms with Gasteiger partial charge in [-0.05, 0) is 79.2 Å². The maximum absolute atomic E-state index is 13.7. The van der Waals surface area contributed by atoms with Crippen molar-refractivity contribution in [1.82, 2.24) is 14.7 Å². The van der Waals surface area contributed by atoms with Crippen LogP contribution < -0.4 is 5.73 Å². The first-order valence-electron chi connectivity index (χ1n) is 11.3. The number of aromatic nitrogens is 2. The molecule has 1 saturated heterocycles. The van der Waals surface area contributed by atoms with E-state index in [1.807, 2.05) is 66.2 Å². The Hall–Kier alpha value is -3.27. The van der Waals surface area contributed by atoms with Crippen LogP contribution in [0.25, 0.3) is 16.9 Å². The van der Waals surface area contributed by atoms with Crippen LogP contribution >= 0.6 is 15.9 Å². The number of nitrogens with zero attached hydrogens (tertiary/aromatic N) is 3. The van der Waals surface area contributed by atoms with Crippen LogP contribution in [0.15, 0.2) is 83.5 Å². The van der Waals surface area contributed by atoms with Gasteiger partial charge >= 0.3 is 0 Å². The molecule has 0 bridgehead atoms. The number of amides is 1. The summed E-state index contributed by atoms with van der Waals surface area (Å²) in [5.41, 5.74) is 10.7. The number of nitrogens with two attached hydrogens (primary N) is 1. The Morgan fingerprint density at radius 2 is 1.74 bits per heavy atom. The molecular weight excluding hydrogens is 527 g/mol. The van der Waals surface area contributed by atoms with Crippen molar-refractivity contribution in [2.24, 2.45) is 0 Å². The molecule has 0 saturated carbocycles. The van der Waals surface area contributed by atoms with Crippen LogP contribution in [0.5, 0.6) is 0 Å². The monoisotopic (exact) mass is 550 g/mol. The van der Waals surface area contributed by atoms with E-state index < -0.39 is 15.3 Å². The van der Waals surface area contributed by atoms with E-state index in [-0.39, 0.29) is 11.3 Å². The van der Waals surface area contributed by atoms with Gasteiger partial charge in [0.25, 0.3) is 9.04 Å².